The van der Waals surface area contributed by atoms with Crippen molar-refractivity contribution in [2.45, 2.75) is 54.8 Å². The second-order valence-corrected chi connectivity index (χ2v) is 5.81. The molecule has 0 spiro atoms. The molecule has 0 fully saturated rings. The predicted molar refractivity (Wildman–Crippen MR) is 80.8 cm³/mol. The van der Waals surface area contributed by atoms with Gasteiger partial charge in [0.1, 0.15) is 13.2 Å². The Morgan fingerprint density at radius 3 is 1.41 bits per heavy atom. The third kappa shape index (κ3) is 5.09. The average Bonchev–Trinajstić information content (AvgIpc) is 2.45. The summed E-state index contributed by atoms with van der Waals surface area (Å²) in [5, 5.41) is 0. The zero-order chi connectivity index (χ0) is 16.9. The minimum Gasteiger partial charge on any atom is -0.459 e. The molecule has 0 unspecified atom stereocenters. The van der Waals surface area contributed by atoms with E-state index in [1.54, 1.807) is 41.5 Å². The molecule has 6 nitrogen and oxygen atoms in total. The molecule has 0 atom stereocenters. The van der Waals surface area contributed by atoms with Gasteiger partial charge in [0, 0.05) is 0 Å². The van der Waals surface area contributed by atoms with E-state index in [4.69, 9.17) is 9.47 Å². The van der Waals surface area contributed by atoms with Crippen molar-refractivity contribution in [1.82, 2.24) is 9.97 Å². The van der Waals surface area contributed by atoms with Crippen molar-refractivity contribution in [3.8, 4) is 0 Å². The quantitative estimate of drug-likeness (QED) is 0.751. The van der Waals surface area contributed by atoms with Gasteiger partial charge in [-0.15, -0.1) is 0 Å². The molecule has 1 aromatic heterocycles. The van der Waals surface area contributed by atoms with Gasteiger partial charge in [-0.1, -0.05) is 27.7 Å². The lowest BCUT2D eigenvalue weighted by Crippen LogP contribution is -2.16. The summed E-state index contributed by atoms with van der Waals surface area (Å²) in [5.41, 5.74) is 2.56. The van der Waals surface area contributed by atoms with E-state index >= 15 is 0 Å². The zero-order valence-electron chi connectivity index (χ0n) is 14.1. The van der Waals surface area contributed by atoms with Crippen LogP contribution in [0.1, 0.15) is 50.5 Å². The van der Waals surface area contributed by atoms with E-state index in [1.807, 2.05) is 0 Å². The topological polar surface area (TPSA) is 78.4 Å². The van der Waals surface area contributed by atoms with E-state index in [-0.39, 0.29) is 37.0 Å². The number of carbonyl (C=O) groups is 2. The van der Waals surface area contributed by atoms with E-state index in [2.05, 4.69) is 9.97 Å². The van der Waals surface area contributed by atoms with Crippen LogP contribution in [0.5, 0.6) is 0 Å². The van der Waals surface area contributed by atoms with E-state index in [9.17, 15) is 9.59 Å². The summed E-state index contributed by atoms with van der Waals surface area (Å²) >= 11 is 0. The fourth-order valence-corrected chi connectivity index (χ4v) is 1.58. The lowest BCUT2D eigenvalue weighted by Gasteiger charge is -2.12. The van der Waals surface area contributed by atoms with E-state index in [0.717, 1.165) is 0 Å². The van der Waals surface area contributed by atoms with Crippen molar-refractivity contribution in [3.05, 3.63) is 22.8 Å². The van der Waals surface area contributed by atoms with Gasteiger partial charge in [-0.3, -0.25) is 19.6 Å². The van der Waals surface area contributed by atoms with E-state index < -0.39 is 0 Å². The van der Waals surface area contributed by atoms with Crippen LogP contribution >= 0.6 is 0 Å². The second-order valence-electron chi connectivity index (χ2n) is 5.81. The molecule has 22 heavy (non-hydrogen) atoms. The molecule has 0 aliphatic heterocycles. The molecule has 0 amide bonds. The molecule has 1 aromatic rings. The number of aromatic nitrogens is 2. The molecule has 0 saturated carbocycles. The number of nitrogens with zero attached hydrogens (tertiary/aromatic N) is 2. The summed E-state index contributed by atoms with van der Waals surface area (Å²) in [7, 11) is 0. The highest BCUT2D eigenvalue weighted by Gasteiger charge is 2.14. The number of hydrogen-bond donors (Lipinski definition) is 0. The molecule has 1 rings (SSSR count). The summed E-state index contributed by atoms with van der Waals surface area (Å²) in [4.78, 5) is 31.8. The Hall–Kier alpha value is -1.98. The van der Waals surface area contributed by atoms with Crippen molar-refractivity contribution < 1.29 is 19.1 Å². The van der Waals surface area contributed by atoms with Crippen LogP contribution in [0.4, 0.5) is 0 Å². The van der Waals surface area contributed by atoms with Gasteiger partial charge in [0.15, 0.2) is 0 Å². The highest BCUT2D eigenvalue weighted by Crippen LogP contribution is 2.12. The molecular weight excluding hydrogens is 284 g/mol. The highest BCUT2D eigenvalue weighted by atomic mass is 16.5. The number of carbonyl (C=O) groups excluding carboxylic acids is 2. The lowest BCUT2D eigenvalue weighted by atomic mass is 10.2. The maximum Gasteiger partial charge on any atom is 0.308 e. The molecule has 0 aliphatic rings. The fraction of sp³-hybridized carbons (Fsp3) is 0.625. The summed E-state index contributed by atoms with van der Waals surface area (Å²) < 4.78 is 10.3. The monoisotopic (exact) mass is 308 g/mol. The molecule has 0 aromatic carbocycles. The minimum absolute atomic E-state index is 0.0999. The molecule has 1 heterocycles. The lowest BCUT2D eigenvalue weighted by molar-refractivity contribution is -0.149. The van der Waals surface area contributed by atoms with Crippen LogP contribution in [-0.2, 0) is 32.3 Å². The maximum absolute atomic E-state index is 11.5. The first-order valence-corrected chi connectivity index (χ1v) is 7.38. The Morgan fingerprint density at radius 1 is 0.818 bits per heavy atom. The Balaban J connectivity index is 2.75. The minimum atomic E-state index is -0.270. The predicted octanol–water partition coefficient (Wildman–Crippen LogP) is 2.49. The van der Waals surface area contributed by atoms with Gasteiger partial charge in [0.25, 0.3) is 0 Å². The van der Waals surface area contributed by atoms with Crippen molar-refractivity contribution >= 4 is 11.9 Å². The van der Waals surface area contributed by atoms with E-state index in [1.165, 1.54) is 0 Å². The Morgan fingerprint density at radius 2 is 1.14 bits per heavy atom. The van der Waals surface area contributed by atoms with Gasteiger partial charge in [-0.05, 0) is 13.8 Å². The van der Waals surface area contributed by atoms with Crippen LogP contribution in [0.15, 0.2) is 0 Å². The first-order valence-electron chi connectivity index (χ1n) is 7.38. The molecule has 0 aliphatic carbocycles. The maximum atomic E-state index is 11.5. The number of rotatable bonds is 6. The van der Waals surface area contributed by atoms with Crippen molar-refractivity contribution in [1.29, 1.82) is 0 Å². The summed E-state index contributed by atoms with van der Waals surface area (Å²) in [6.07, 6.45) is 0. The van der Waals surface area contributed by atoms with Gasteiger partial charge in [-0.25, -0.2) is 0 Å². The first-order chi connectivity index (χ1) is 10.2. The van der Waals surface area contributed by atoms with Gasteiger partial charge in [-0.2, -0.15) is 0 Å². The molecule has 0 saturated heterocycles. The summed E-state index contributed by atoms with van der Waals surface area (Å²) in [6.45, 7) is 10.9. The van der Waals surface area contributed by atoms with Crippen LogP contribution in [0, 0.1) is 25.7 Å². The molecule has 6 heteroatoms. The van der Waals surface area contributed by atoms with Crippen LogP contribution in [0.25, 0.3) is 0 Å². The SMILES string of the molecule is Cc1nc(COC(=O)C(C)C)c(C)nc1COC(=O)C(C)C. The third-order valence-corrected chi connectivity index (χ3v) is 3.09. The number of ether oxygens (including phenoxy) is 2. The van der Waals surface area contributed by atoms with Crippen LogP contribution in [0.2, 0.25) is 0 Å². The second kappa shape index (κ2) is 7.87. The molecular formula is C16H24N2O4. The van der Waals surface area contributed by atoms with Crippen LogP contribution in [0.3, 0.4) is 0 Å². The van der Waals surface area contributed by atoms with Gasteiger partial charge in [0.2, 0.25) is 0 Å². The smallest absolute Gasteiger partial charge is 0.308 e. The first kappa shape index (κ1) is 18.1. The normalized spacial score (nSPS) is 10.9. The van der Waals surface area contributed by atoms with Crippen LogP contribution < -0.4 is 0 Å². The Kier molecular flexibility index (Phi) is 6.46. The Labute approximate surface area is 131 Å². The van der Waals surface area contributed by atoms with Crippen molar-refractivity contribution in [3.63, 3.8) is 0 Å². The number of hydrogen-bond acceptors (Lipinski definition) is 6. The zero-order valence-corrected chi connectivity index (χ0v) is 14.1. The van der Waals surface area contributed by atoms with Gasteiger partial charge in [0.05, 0.1) is 34.6 Å². The average molecular weight is 308 g/mol. The molecule has 0 radical (unpaired) electrons. The largest absolute Gasteiger partial charge is 0.459 e. The van der Waals surface area contributed by atoms with Gasteiger partial charge < -0.3 is 9.47 Å². The van der Waals surface area contributed by atoms with Crippen molar-refractivity contribution in [2.24, 2.45) is 11.8 Å². The number of esters is 2. The van der Waals surface area contributed by atoms with Crippen LogP contribution in [-0.4, -0.2) is 21.9 Å². The molecule has 122 valence electrons. The van der Waals surface area contributed by atoms with Crippen molar-refractivity contribution in [2.75, 3.05) is 0 Å². The summed E-state index contributed by atoms with van der Waals surface area (Å²) in [6, 6.07) is 0. The number of aryl methyl sites for hydroxylation is 2. The van der Waals surface area contributed by atoms with E-state index in [0.29, 0.717) is 22.8 Å². The highest BCUT2D eigenvalue weighted by molar-refractivity contribution is 5.71. The Bertz CT molecular complexity index is 504. The third-order valence-electron chi connectivity index (χ3n) is 3.09. The van der Waals surface area contributed by atoms with Gasteiger partial charge >= 0.3 is 11.9 Å². The fourth-order valence-electron chi connectivity index (χ4n) is 1.58. The molecule has 0 N–H and O–H groups in total. The summed E-state index contributed by atoms with van der Waals surface area (Å²) in [5.74, 6) is -0.893. The standard InChI is InChI=1S/C16H24N2O4/c1-9(2)15(19)21-7-13-11(5)18-14(12(6)17-13)8-22-16(20)10(3)4/h9-10H,7-8H2,1-6H3. The molecule has 0 bridgehead atoms.